The van der Waals surface area contributed by atoms with E-state index in [1.807, 2.05) is 20.8 Å². The Hall–Kier alpha value is -0.883. The molecule has 0 saturated carbocycles. The lowest BCUT2D eigenvalue weighted by Crippen LogP contribution is -2.46. The number of hydrogen-bond acceptors (Lipinski definition) is 4. The highest BCUT2D eigenvalue weighted by Gasteiger charge is 2.42. The lowest BCUT2D eigenvalue weighted by Gasteiger charge is -2.41. The van der Waals surface area contributed by atoms with Crippen LogP contribution >= 0.6 is 0 Å². The van der Waals surface area contributed by atoms with E-state index in [0.717, 1.165) is 6.04 Å². The number of ether oxygens (including phenoxy) is 1. The molecule has 0 heterocycles. The summed E-state index contributed by atoms with van der Waals surface area (Å²) in [6.45, 7) is 19.1. The maximum Gasteiger partial charge on any atom is 0.306 e. The predicted molar refractivity (Wildman–Crippen MR) is 105 cm³/mol. The molecule has 0 aliphatic carbocycles. The maximum absolute atomic E-state index is 12.1. The van der Waals surface area contributed by atoms with Gasteiger partial charge in [-0.3, -0.25) is 9.59 Å². The van der Waals surface area contributed by atoms with Gasteiger partial charge >= 0.3 is 5.97 Å². The second-order valence-electron chi connectivity index (χ2n) is 9.72. The van der Waals surface area contributed by atoms with Gasteiger partial charge in [-0.2, -0.15) is 0 Å². The van der Waals surface area contributed by atoms with Crippen LogP contribution in [-0.4, -0.2) is 32.4 Å². The summed E-state index contributed by atoms with van der Waals surface area (Å²) in [5.41, 5.74) is 4.83. The highest BCUT2D eigenvalue weighted by molar-refractivity contribution is 6.75. The molecule has 0 saturated heterocycles. The van der Waals surface area contributed by atoms with Crippen LogP contribution in [0.2, 0.25) is 17.6 Å². The molecule has 2 N–H and O–H groups in total. The number of nitrogens with two attached hydrogens (primary N) is 1. The third kappa shape index (κ3) is 9.99. The van der Waals surface area contributed by atoms with Crippen molar-refractivity contribution in [3.63, 3.8) is 0 Å². The Morgan fingerprint density at radius 3 is 1.92 bits per heavy atom. The molecule has 0 rings (SSSR count). The minimum Gasteiger partial charge on any atom is -0.460 e. The monoisotopic (exact) mass is 373 g/mol. The summed E-state index contributed by atoms with van der Waals surface area (Å²) in [6.07, 6.45) is 0.284. The fraction of sp³-hybridized carbons (Fsp3) is 0.895. The topological polar surface area (TPSA) is 78.6 Å². The SMILES string of the molecule is CC(C)C[Si](C)(OCC(CC(N)=O)CC(=O)OC(C)(C)C)C(C)(C)C. The molecule has 148 valence electrons. The molecule has 2 atom stereocenters. The van der Waals surface area contributed by atoms with Crippen LogP contribution in [0.4, 0.5) is 0 Å². The van der Waals surface area contributed by atoms with Crippen LogP contribution in [0.15, 0.2) is 0 Å². The average Bonchev–Trinajstić information content (AvgIpc) is 2.30. The van der Waals surface area contributed by atoms with Crippen LogP contribution in [0.3, 0.4) is 0 Å². The first-order valence-electron chi connectivity index (χ1n) is 9.20. The zero-order valence-electron chi connectivity index (χ0n) is 17.7. The molecule has 0 aromatic heterocycles. The lowest BCUT2D eigenvalue weighted by atomic mass is 10.0. The minimum absolute atomic E-state index is 0.0699. The molecule has 0 aromatic rings. The van der Waals surface area contributed by atoms with Crippen molar-refractivity contribution < 1.29 is 18.8 Å². The average molecular weight is 374 g/mol. The number of carbonyl (C=O) groups is 2. The van der Waals surface area contributed by atoms with Crippen LogP contribution in [-0.2, 0) is 18.8 Å². The number of hydrogen-bond donors (Lipinski definition) is 1. The second-order valence-corrected chi connectivity index (χ2v) is 14.4. The molecular weight excluding hydrogens is 334 g/mol. The fourth-order valence-corrected chi connectivity index (χ4v) is 6.08. The minimum atomic E-state index is -2.03. The van der Waals surface area contributed by atoms with Gasteiger partial charge in [-0.15, -0.1) is 0 Å². The Bertz CT molecular complexity index is 451. The first kappa shape index (κ1) is 24.1. The summed E-state index contributed by atoms with van der Waals surface area (Å²) in [5, 5.41) is 0.0699. The van der Waals surface area contributed by atoms with E-state index in [2.05, 4.69) is 41.2 Å². The van der Waals surface area contributed by atoms with Gasteiger partial charge in [0.15, 0.2) is 8.32 Å². The van der Waals surface area contributed by atoms with Crippen LogP contribution in [0.25, 0.3) is 0 Å². The van der Waals surface area contributed by atoms with Crippen molar-refractivity contribution in [2.45, 2.75) is 91.5 Å². The van der Waals surface area contributed by atoms with Crippen LogP contribution in [0.1, 0.15) is 68.2 Å². The molecule has 0 spiro atoms. The van der Waals surface area contributed by atoms with E-state index in [9.17, 15) is 9.59 Å². The van der Waals surface area contributed by atoms with Gasteiger partial charge in [-0.25, -0.2) is 0 Å². The first-order chi connectivity index (χ1) is 11.1. The molecule has 1 amide bonds. The molecule has 0 aliphatic rings. The van der Waals surface area contributed by atoms with Crippen molar-refractivity contribution in [2.24, 2.45) is 17.6 Å². The summed E-state index contributed by atoms with van der Waals surface area (Å²) in [6, 6.07) is 1.03. The standard InChI is InChI=1S/C19H39NO4Si/c1-14(2)13-25(9,19(6,7)8)23-12-15(10-16(20)21)11-17(22)24-18(3,4)5/h14-15H,10-13H2,1-9H3,(H2,20,21). The number of esters is 1. The van der Waals surface area contributed by atoms with E-state index in [0.29, 0.717) is 12.5 Å². The Labute approximate surface area is 155 Å². The van der Waals surface area contributed by atoms with E-state index in [1.165, 1.54) is 0 Å². The van der Waals surface area contributed by atoms with Crippen LogP contribution in [0.5, 0.6) is 0 Å². The smallest absolute Gasteiger partial charge is 0.306 e. The summed E-state index contributed by atoms with van der Waals surface area (Å²) < 4.78 is 11.8. The van der Waals surface area contributed by atoms with Crippen LogP contribution in [0, 0.1) is 11.8 Å². The molecule has 0 bridgehead atoms. The molecule has 0 aliphatic heterocycles. The third-order valence-corrected chi connectivity index (χ3v) is 9.96. The molecule has 0 aromatic carbocycles. The maximum atomic E-state index is 12.1. The largest absolute Gasteiger partial charge is 0.460 e. The highest BCUT2D eigenvalue weighted by atomic mass is 28.4. The number of carbonyl (C=O) groups excluding carboxylic acids is 2. The molecule has 5 nitrogen and oxygen atoms in total. The summed E-state index contributed by atoms with van der Waals surface area (Å²) in [4.78, 5) is 23.5. The van der Waals surface area contributed by atoms with E-state index in [4.69, 9.17) is 14.9 Å². The first-order valence-corrected chi connectivity index (χ1v) is 11.8. The van der Waals surface area contributed by atoms with E-state index >= 15 is 0 Å². The number of rotatable bonds is 9. The summed E-state index contributed by atoms with van der Waals surface area (Å²) in [5.74, 6) is -0.435. The fourth-order valence-electron chi connectivity index (χ4n) is 2.76. The van der Waals surface area contributed by atoms with Crippen molar-refractivity contribution >= 4 is 20.2 Å². The normalized spacial score (nSPS) is 16.4. The van der Waals surface area contributed by atoms with Crippen molar-refractivity contribution in [1.82, 2.24) is 0 Å². The van der Waals surface area contributed by atoms with Gasteiger partial charge in [0.1, 0.15) is 5.60 Å². The van der Waals surface area contributed by atoms with Gasteiger partial charge < -0.3 is 14.9 Å². The molecule has 2 unspecified atom stereocenters. The zero-order valence-corrected chi connectivity index (χ0v) is 18.7. The van der Waals surface area contributed by atoms with Crippen LogP contribution < -0.4 is 5.73 Å². The van der Waals surface area contributed by atoms with Gasteiger partial charge in [0.2, 0.25) is 5.91 Å². The van der Waals surface area contributed by atoms with Gasteiger partial charge in [0.05, 0.1) is 6.42 Å². The third-order valence-electron chi connectivity index (χ3n) is 4.39. The van der Waals surface area contributed by atoms with Crippen molar-refractivity contribution in [1.29, 1.82) is 0 Å². The predicted octanol–water partition coefficient (Wildman–Crippen LogP) is 4.26. The summed E-state index contributed by atoms with van der Waals surface area (Å²) >= 11 is 0. The molecule has 6 heteroatoms. The Balaban J connectivity index is 5.06. The lowest BCUT2D eigenvalue weighted by molar-refractivity contribution is -0.156. The van der Waals surface area contributed by atoms with Gasteiger partial charge in [-0.1, -0.05) is 34.6 Å². The number of amides is 1. The second kappa shape index (κ2) is 9.17. The van der Waals surface area contributed by atoms with E-state index in [-0.39, 0.29) is 29.8 Å². The molecule has 0 fully saturated rings. The van der Waals surface area contributed by atoms with Crippen molar-refractivity contribution in [3.8, 4) is 0 Å². The summed E-state index contributed by atoms with van der Waals surface area (Å²) in [7, 11) is -2.03. The van der Waals surface area contributed by atoms with Gasteiger partial charge in [-0.05, 0) is 44.3 Å². The van der Waals surface area contributed by atoms with Gasteiger partial charge in [0, 0.05) is 18.9 Å². The zero-order chi connectivity index (χ0) is 20.1. The quantitative estimate of drug-likeness (QED) is 0.484. The molecule has 25 heavy (non-hydrogen) atoms. The number of primary amides is 1. The van der Waals surface area contributed by atoms with Gasteiger partial charge in [0.25, 0.3) is 0 Å². The Morgan fingerprint density at radius 1 is 1.04 bits per heavy atom. The van der Waals surface area contributed by atoms with Crippen molar-refractivity contribution in [3.05, 3.63) is 0 Å². The van der Waals surface area contributed by atoms with E-state index < -0.39 is 19.8 Å². The Morgan fingerprint density at radius 2 is 1.56 bits per heavy atom. The van der Waals surface area contributed by atoms with E-state index in [1.54, 1.807) is 0 Å². The molecular formula is C19H39NO4Si. The van der Waals surface area contributed by atoms with Crippen molar-refractivity contribution in [2.75, 3.05) is 6.61 Å². The molecule has 0 radical (unpaired) electrons. The Kier molecular flexibility index (Phi) is 8.85. The highest BCUT2D eigenvalue weighted by Crippen LogP contribution is 2.41.